The van der Waals surface area contributed by atoms with Gasteiger partial charge in [0.05, 0.1) is 0 Å². The fourth-order valence-corrected chi connectivity index (χ4v) is 1.95. The summed E-state index contributed by atoms with van der Waals surface area (Å²) in [6.45, 7) is 0. The molecule has 0 aliphatic carbocycles. The van der Waals surface area contributed by atoms with Gasteiger partial charge in [-0.1, -0.05) is 24.3 Å². The second-order valence-electron chi connectivity index (χ2n) is 3.84. The highest BCUT2D eigenvalue weighted by molar-refractivity contribution is 6.42. The van der Waals surface area contributed by atoms with Crippen LogP contribution in [0.4, 0.5) is 0 Å². The van der Waals surface area contributed by atoms with Crippen molar-refractivity contribution in [2.24, 2.45) is 9.98 Å². The van der Waals surface area contributed by atoms with E-state index >= 15 is 0 Å². The van der Waals surface area contributed by atoms with E-state index in [0.29, 0.717) is 12.1 Å². The Balaban J connectivity index is 2.06. The number of rotatable bonds is 1. The third kappa shape index (κ3) is 1.67. The fourth-order valence-electron chi connectivity index (χ4n) is 1.95. The zero-order chi connectivity index (χ0) is 11.7. The minimum absolute atomic E-state index is 0.0198. The summed E-state index contributed by atoms with van der Waals surface area (Å²) in [5, 5.41) is 0. The molecular formula is C13H10N2O2. The summed E-state index contributed by atoms with van der Waals surface area (Å²) in [7, 11) is 0. The van der Waals surface area contributed by atoms with Crippen molar-refractivity contribution in [3.8, 4) is 5.75 Å². The van der Waals surface area contributed by atoms with Gasteiger partial charge in [-0.05, 0) is 6.07 Å². The highest BCUT2D eigenvalue weighted by Gasteiger charge is 2.28. The van der Waals surface area contributed by atoms with Crippen LogP contribution in [-0.4, -0.2) is 17.9 Å². The Morgan fingerprint density at radius 1 is 1.29 bits per heavy atom. The van der Waals surface area contributed by atoms with Gasteiger partial charge in [-0.3, -0.25) is 9.79 Å². The zero-order valence-corrected chi connectivity index (χ0v) is 9.04. The van der Waals surface area contributed by atoms with E-state index in [4.69, 9.17) is 4.74 Å². The normalized spacial score (nSPS) is 21.8. The number of carbonyl (C=O) groups excluding carboxylic acids is 1. The Bertz CT molecular complexity index is 558. The van der Waals surface area contributed by atoms with Crippen LogP contribution in [0.1, 0.15) is 18.0 Å². The van der Waals surface area contributed by atoms with E-state index in [0.717, 1.165) is 11.3 Å². The number of nitrogens with zero attached hydrogens (tertiary/aromatic N) is 2. The van der Waals surface area contributed by atoms with Gasteiger partial charge in [-0.2, -0.15) is 0 Å². The number of ether oxygens (including phenoxy) is 1. The smallest absolute Gasteiger partial charge is 0.183 e. The molecular weight excluding hydrogens is 216 g/mol. The Morgan fingerprint density at radius 3 is 3.06 bits per heavy atom. The molecule has 0 aromatic heterocycles. The van der Waals surface area contributed by atoms with E-state index < -0.39 is 0 Å². The number of hydrogen-bond acceptors (Lipinski definition) is 4. The van der Waals surface area contributed by atoms with Crippen LogP contribution in [-0.2, 0) is 4.79 Å². The van der Waals surface area contributed by atoms with E-state index in [2.05, 4.69) is 9.98 Å². The molecule has 0 N–H and O–H groups in total. The van der Waals surface area contributed by atoms with Gasteiger partial charge in [0, 0.05) is 18.2 Å². The Labute approximate surface area is 98.4 Å². The maximum Gasteiger partial charge on any atom is 0.183 e. The van der Waals surface area contributed by atoms with E-state index in [-0.39, 0.29) is 11.8 Å². The van der Waals surface area contributed by atoms with Crippen LogP contribution in [0.2, 0.25) is 0 Å². The molecule has 1 atom stereocenters. The predicted octanol–water partition coefficient (Wildman–Crippen LogP) is 2.08. The number of ketones is 1. The molecule has 0 amide bonds. The average molecular weight is 226 g/mol. The summed E-state index contributed by atoms with van der Waals surface area (Å²) in [6, 6.07) is 7.22. The predicted molar refractivity (Wildman–Crippen MR) is 64.5 cm³/mol. The summed E-state index contributed by atoms with van der Waals surface area (Å²) in [5.41, 5.74) is 1.37. The molecule has 3 rings (SSSR count). The van der Waals surface area contributed by atoms with E-state index in [9.17, 15) is 4.79 Å². The van der Waals surface area contributed by atoms with Crippen LogP contribution in [0.5, 0.6) is 5.75 Å². The van der Waals surface area contributed by atoms with E-state index in [1.54, 1.807) is 12.3 Å². The van der Waals surface area contributed by atoms with Gasteiger partial charge in [0.25, 0.3) is 0 Å². The molecule has 2 heterocycles. The third-order valence-electron chi connectivity index (χ3n) is 2.77. The van der Waals surface area contributed by atoms with Crippen LogP contribution in [0.3, 0.4) is 0 Å². The maximum atomic E-state index is 11.8. The molecule has 1 aromatic rings. The zero-order valence-electron chi connectivity index (χ0n) is 9.04. The lowest BCUT2D eigenvalue weighted by atomic mass is 9.96. The Hall–Kier alpha value is -2.23. The second kappa shape index (κ2) is 3.97. The highest BCUT2D eigenvalue weighted by Crippen LogP contribution is 2.32. The SMILES string of the molecule is O=C1CC=CN=C1C1N=COc2ccccc21. The molecule has 2 aliphatic heterocycles. The first kappa shape index (κ1) is 9.96. The number of aliphatic imine (C=N–C) groups is 2. The average Bonchev–Trinajstić information content (AvgIpc) is 2.39. The van der Waals surface area contributed by atoms with Crippen molar-refractivity contribution in [2.75, 3.05) is 0 Å². The Kier molecular flexibility index (Phi) is 2.33. The molecule has 1 aromatic carbocycles. The summed E-state index contributed by atoms with van der Waals surface area (Å²) >= 11 is 0. The highest BCUT2D eigenvalue weighted by atomic mass is 16.5. The van der Waals surface area contributed by atoms with Gasteiger partial charge in [0.2, 0.25) is 0 Å². The minimum Gasteiger partial charge on any atom is -0.446 e. The molecule has 0 fully saturated rings. The lowest BCUT2D eigenvalue weighted by Gasteiger charge is -2.21. The van der Waals surface area contributed by atoms with Crippen LogP contribution in [0.25, 0.3) is 0 Å². The molecule has 1 unspecified atom stereocenters. The standard InChI is InChI=1S/C13H10N2O2/c16-10-5-3-7-14-13(10)12-9-4-1-2-6-11(9)17-8-15-12/h1-4,6-8,12H,5H2. The monoisotopic (exact) mass is 226 g/mol. The molecule has 0 radical (unpaired) electrons. The first-order chi connectivity index (χ1) is 8.36. The molecule has 0 bridgehead atoms. The van der Waals surface area contributed by atoms with E-state index in [1.165, 1.54) is 6.40 Å². The molecule has 84 valence electrons. The van der Waals surface area contributed by atoms with Crippen molar-refractivity contribution in [3.63, 3.8) is 0 Å². The van der Waals surface area contributed by atoms with Gasteiger partial charge >= 0.3 is 0 Å². The molecule has 2 aliphatic rings. The quantitative estimate of drug-likeness (QED) is 0.736. The van der Waals surface area contributed by atoms with Crippen molar-refractivity contribution in [1.82, 2.24) is 0 Å². The maximum absolute atomic E-state index is 11.8. The lowest BCUT2D eigenvalue weighted by Crippen LogP contribution is -2.24. The van der Waals surface area contributed by atoms with Crippen LogP contribution < -0.4 is 4.74 Å². The second-order valence-corrected chi connectivity index (χ2v) is 3.84. The first-order valence-electron chi connectivity index (χ1n) is 5.39. The van der Waals surface area contributed by atoms with Gasteiger partial charge in [-0.25, -0.2) is 4.99 Å². The lowest BCUT2D eigenvalue weighted by molar-refractivity contribution is -0.112. The number of benzene rings is 1. The summed E-state index contributed by atoms with van der Waals surface area (Å²) in [5.74, 6) is 0.754. The van der Waals surface area contributed by atoms with Crippen molar-refractivity contribution < 1.29 is 9.53 Å². The molecule has 0 saturated heterocycles. The van der Waals surface area contributed by atoms with Crippen LogP contribution in [0.15, 0.2) is 46.5 Å². The van der Waals surface area contributed by atoms with Crippen molar-refractivity contribution in [2.45, 2.75) is 12.5 Å². The van der Waals surface area contributed by atoms with Crippen molar-refractivity contribution in [3.05, 3.63) is 42.1 Å². The number of Topliss-reactive ketones (excluding diaryl/α,β-unsaturated/α-hetero) is 1. The van der Waals surface area contributed by atoms with Gasteiger partial charge in [0.15, 0.2) is 12.2 Å². The number of para-hydroxylation sites is 1. The van der Waals surface area contributed by atoms with Crippen molar-refractivity contribution >= 4 is 17.9 Å². The summed E-state index contributed by atoms with van der Waals surface area (Å²) in [4.78, 5) is 20.2. The van der Waals surface area contributed by atoms with Gasteiger partial charge in [-0.15, -0.1) is 0 Å². The number of fused-ring (bicyclic) bond motifs is 1. The largest absolute Gasteiger partial charge is 0.446 e. The number of allylic oxidation sites excluding steroid dienone is 1. The van der Waals surface area contributed by atoms with Gasteiger partial charge in [0.1, 0.15) is 17.5 Å². The molecule has 4 nitrogen and oxygen atoms in total. The third-order valence-corrected chi connectivity index (χ3v) is 2.77. The van der Waals surface area contributed by atoms with E-state index in [1.807, 2.05) is 24.3 Å². The number of hydrogen-bond donors (Lipinski definition) is 0. The molecule has 4 heteroatoms. The Morgan fingerprint density at radius 2 is 2.18 bits per heavy atom. The van der Waals surface area contributed by atoms with Crippen LogP contribution in [0, 0.1) is 0 Å². The topological polar surface area (TPSA) is 51.0 Å². The minimum atomic E-state index is -0.336. The molecule has 17 heavy (non-hydrogen) atoms. The molecule has 0 saturated carbocycles. The number of carbonyl (C=O) groups is 1. The first-order valence-corrected chi connectivity index (χ1v) is 5.39. The van der Waals surface area contributed by atoms with Crippen LogP contribution >= 0.6 is 0 Å². The fraction of sp³-hybridized carbons (Fsp3) is 0.154. The summed E-state index contributed by atoms with van der Waals surface area (Å²) in [6.07, 6.45) is 5.18. The van der Waals surface area contributed by atoms with Crippen molar-refractivity contribution in [1.29, 1.82) is 0 Å². The summed E-state index contributed by atoms with van der Waals surface area (Å²) < 4.78 is 5.30. The van der Waals surface area contributed by atoms with Gasteiger partial charge < -0.3 is 4.74 Å². The molecule has 0 spiro atoms.